The summed E-state index contributed by atoms with van der Waals surface area (Å²) < 4.78 is 11.1. The van der Waals surface area contributed by atoms with E-state index in [1.54, 1.807) is 0 Å². The van der Waals surface area contributed by atoms with Gasteiger partial charge in [0, 0.05) is 24.7 Å². The largest absolute Gasteiger partial charge is 0.486 e. The van der Waals surface area contributed by atoms with Crippen molar-refractivity contribution in [1.82, 2.24) is 4.90 Å². The second-order valence-corrected chi connectivity index (χ2v) is 6.67. The van der Waals surface area contributed by atoms with Gasteiger partial charge in [0.2, 0.25) is 0 Å². The highest BCUT2D eigenvalue weighted by Crippen LogP contribution is 2.38. The fourth-order valence-electron chi connectivity index (χ4n) is 4.15. The maximum atomic E-state index is 10.6. The van der Waals surface area contributed by atoms with Crippen molar-refractivity contribution in [3.8, 4) is 11.5 Å². The molecular weight excluding hydrogens is 280 g/mol. The summed E-state index contributed by atoms with van der Waals surface area (Å²) in [7, 11) is 0. The van der Waals surface area contributed by atoms with E-state index in [-0.39, 0.29) is 6.04 Å². The number of hydrogen-bond donors (Lipinski definition) is 2. The van der Waals surface area contributed by atoms with E-state index in [0.29, 0.717) is 31.0 Å². The third-order valence-electron chi connectivity index (χ3n) is 5.34. The summed E-state index contributed by atoms with van der Waals surface area (Å²) in [6.45, 7) is 1.90. The van der Waals surface area contributed by atoms with Gasteiger partial charge in [0.05, 0.1) is 6.10 Å². The molecule has 5 heteroatoms. The Morgan fingerprint density at radius 3 is 2.41 bits per heavy atom. The number of benzene rings is 1. The predicted molar refractivity (Wildman–Crippen MR) is 83.1 cm³/mol. The summed E-state index contributed by atoms with van der Waals surface area (Å²) in [5.41, 5.74) is 7.10. The minimum atomic E-state index is -0.671. The molecule has 2 bridgehead atoms. The van der Waals surface area contributed by atoms with Gasteiger partial charge in [0.25, 0.3) is 0 Å². The first-order valence-corrected chi connectivity index (χ1v) is 8.31. The van der Waals surface area contributed by atoms with E-state index < -0.39 is 6.10 Å². The van der Waals surface area contributed by atoms with Crippen molar-refractivity contribution in [2.45, 2.75) is 49.9 Å². The molecule has 0 saturated carbocycles. The number of fused-ring (bicyclic) bond motifs is 3. The first-order valence-electron chi connectivity index (χ1n) is 8.31. The second-order valence-electron chi connectivity index (χ2n) is 6.67. The summed E-state index contributed by atoms with van der Waals surface area (Å²) >= 11 is 0. The van der Waals surface area contributed by atoms with Gasteiger partial charge in [-0.2, -0.15) is 0 Å². The maximum absolute atomic E-state index is 10.6. The minimum absolute atomic E-state index is 0.274. The number of nitrogens with two attached hydrogens (primary N) is 1. The lowest BCUT2D eigenvalue weighted by Crippen LogP contribution is -2.43. The average Bonchev–Trinajstić information content (AvgIpc) is 3.13. The lowest BCUT2D eigenvalue weighted by Gasteiger charge is -2.28. The molecule has 0 aliphatic carbocycles. The Morgan fingerprint density at radius 1 is 1.09 bits per heavy atom. The molecule has 2 fully saturated rings. The lowest BCUT2D eigenvalue weighted by molar-refractivity contribution is 0.112. The third-order valence-corrected chi connectivity index (χ3v) is 5.34. The molecular formula is C17H24N2O3. The summed E-state index contributed by atoms with van der Waals surface area (Å²) in [6, 6.07) is 6.70. The molecule has 0 radical (unpaired) electrons. The standard InChI is InChI=1S/C17H24N2O3/c18-14(10-19-12-2-3-13(19)5-4-12)17(20)11-1-6-15-16(9-11)22-8-7-21-15/h1,6,9,12-14,17,20H,2-5,7-8,10,18H2/t12?,13?,14-,17-/m1/s1. The summed E-state index contributed by atoms with van der Waals surface area (Å²) in [4.78, 5) is 2.51. The van der Waals surface area contributed by atoms with Crippen molar-refractivity contribution in [2.24, 2.45) is 5.73 Å². The average molecular weight is 304 g/mol. The molecule has 1 aromatic carbocycles. The molecule has 5 nitrogen and oxygen atoms in total. The van der Waals surface area contributed by atoms with Crippen molar-refractivity contribution in [1.29, 1.82) is 0 Å². The highest BCUT2D eigenvalue weighted by molar-refractivity contribution is 5.44. The van der Waals surface area contributed by atoms with Crippen molar-refractivity contribution in [2.75, 3.05) is 19.8 Å². The zero-order chi connectivity index (χ0) is 15.1. The van der Waals surface area contributed by atoms with Crippen molar-refractivity contribution in [3.05, 3.63) is 23.8 Å². The Kier molecular flexibility index (Phi) is 3.72. The van der Waals surface area contributed by atoms with Crippen LogP contribution in [0.1, 0.15) is 37.4 Å². The molecule has 3 N–H and O–H groups in total. The fraction of sp³-hybridized carbons (Fsp3) is 0.647. The molecule has 0 amide bonds. The van der Waals surface area contributed by atoms with Gasteiger partial charge < -0.3 is 20.3 Å². The Hall–Kier alpha value is -1.30. The van der Waals surface area contributed by atoms with Gasteiger partial charge in [-0.05, 0) is 43.4 Å². The maximum Gasteiger partial charge on any atom is 0.161 e. The van der Waals surface area contributed by atoms with Crippen LogP contribution in [0.15, 0.2) is 18.2 Å². The van der Waals surface area contributed by atoms with Crippen LogP contribution in [0.2, 0.25) is 0 Å². The number of aliphatic hydroxyl groups is 1. The highest BCUT2D eigenvalue weighted by atomic mass is 16.6. The van der Waals surface area contributed by atoms with Crippen LogP contribution in [0.3, 0.4) is 0 Å². The lowest BCUT2D eigenvalue weighted by atomic mass is 10.0. The molecule has 4 rings (SSSR count). The molecule has 3 aliphatic heterocycles. The molecule has 120 valence electrons. The van der Waals surface area contributed by atoms with Crippen LogP contribution in [0, 0.1) is 0 Å². The van der Waals surface area contributed by atoms with Crippen LogP contribution >= 0.6 is 0 Å². The molecule has 0 spiro atoms. The molecule has 1 aromatic rings. The van der Waals surface area contributed by atoms with Gasteiger partial charge >= 0.3 is 0 Å². The van der Waals surface area contributed by atoms with E-state index in [1.807, 2.05) is 18.2 Å². The molecule has 3 heterocycles. The van der Waals surface area contributed by atoms with E-state index in [4.69, 9.17) is 15.2 Å². The monoisotopic (exact) mass is 304 g/mol. The minimum Gasteiger partial charge on any atom is -0.486 e. The second kappa shape index (κ2) is 5.72. The SMILES string of the molecule is N[C@H](CN1C2CCC1CC2)[C@H](O)c1ccc2c(c1)OCCO2. The summed E-state index contributed by atoms with van der Waals surface area (Å²) in [6.07, 6.45) is 4.49. The number of aliphatic hydroxyl groups excluding tert-OH is 1. The van der Waals surface area contributed by atoms with Gasteiger partial charge in [-0.15, -0.1) is 0 Å². The van der Waals surface area contributed by atoms with Crippen LogP contribution in [0.25, 0.3) is 0 Å². The summed E-state index contributed by atoms with van der Waals surface area (Å²) in [5, 5.41) is 10.6. The highest BCUT2D eigenvalue weighted by Gasteiger charge is 2.40. The smallest absolute Gasteiger partial charge is 0.161 e. The van der Waals surface area contributed by atoms with Crippen molar-refractivity contribution >= 4 is 0 Å². The van der Waals surface area contributed by atoms with Crippen LogP contribution in [-0.4, -0.2) is 47.9 Å². The van der Waals surface area contributed by atoms with Gasteiger partial charge in [-0.3, -0.25) is 4.90 Å². The van der Waals surface area contributed by atoms with Gasteiger partial charge in [0.1, 0.15) is 13.2 Å². The predicted octanol–water partition coefficient (Wildman–Crippen LogP) is 1.45. The molecule has 0 unspecified atom stereocenters. The number of ether oxygens (including phenoxy) is 2. The Labute approximate surface area is 131 Å². The zero-order valence-corrected chi connectivity index (χ0v) is 12.8. The van der Waals surface area contributed by atoms with Crippen LogP contribution in [-0.2, 0) is 0 Å². The van der Waals surface area contributed by atoms with Gasteiger partial charge in [-0.25, -0.2) is 0 Å². The first kappa shape index (κ1) is 14.3. The quantitative estimate of drug-likeness (QED) is 0.881. The zero-order valence-electron chi connectivity index (χ0n) is 12.8. The van der Waals surface area contributed by atoms with Crippen LogP contribution < -0.4 is 15.2 Å². The number of hydrogen-bond acceptors (Lipinski definition) is 5. The van der Waals surface area contributed by atoms with Crippen LogP contribution in [0.5, 0.6) is 11.5 Å². The van der Waals surface area contributed by atoms with Crippen molar-refractivity contribution < 1.29 is 14.6 Å². The third kappa shape index (κ3) is 2.47. The molecule has 3 aliphatic rings. The normalized spacial score (nSPS) is 29.5. The number of rotatable bonds is 4. The molecule has 22 heavy (non-hydrogen) atoms. The topological polar surface area (TPSA) is 68.0 Å². The molecule has 2 atom stereocenters. The van der Waals surface area contributed by atoms with Crippen molar-refractivity contribution in [3.63, 3.8) is 0 Å². The summed E-state index contributed by atoms with van der Waals surface area (Å²) in [5.74, 6) is 1.45. The van der Waals surface area contributed by atoms with E-state index in [0.717, 1.165) is 17.9 Å². The van der Waals surface area contributed by atoms with Gasteiger partial charge in [-0.1, -0.05) is 6.07 Å². The van der Waals surface area contributed by atoms with E-state index in [9.17, 15) is 5.11 Å². The Morgan fingerprint density at radius 2 is 1.73 bits per heavy atom. The fourth-order valence-corrected chi connectivity index (χ4v) is 4.15. The van der Waals surface area contributed by atoms with Gasteiger partial charge in [0.15, 0.2) is 11.5 Å². The van der Waals surface area contributed by atoms with E-state index in [1.165, 1.54) is 25.7 Å². The van der Waals surface area contributed by atoms with Crippen LogP contribution in [0.4, 0.5) is 0 Å². The Bertz CT molecular complexity index is 531. The molecule has 0 aromatic heterocycles. The van der Waals surface area contributed by atoms with E-state index in [2.05, 4.69) is 4.90 Å². The van der Waals surface area contributed by atoms with E-state index >= 15 is 0 Å². The number of nitrogens with zero attached hydrogens (tertiary/aromatic N) is 1. The molecule has 2 saturated heterocycles. The Balaban J connectivity index is 1.45. The first-order chi connectivity index (χ1) is 10.7.